The van der Waals surface area contributed by atoms with Crippen molar-refractivity contribution in [1.82, 2.24) is 25.4 Å². The summed E-state index contributed by atoms with van der Waals surface area (Å²) in [6, 6.07) is 12.8. The van der Waals surface area contributed by atoms with E-state index in [4.69, 9.17) is 4.99 Å². The second kappa shape index (κ2) is 10.0. The van der Waals surface area contributed by atoms with Crippen LogP contribution in [0.1, 0.15) is 41.7 Å². The van der Waals surface area contributed by atoms with Gasteiger partial charge in [0, 0.05) is 24.4 Å². The van der Waals surface area contributed by atoms with E-state index in [9.17, 15) is 0 Å². The maximum atomic E-state index is 4.79. The molecule has 1 unspecified atom stereocenters. The lowest BCUT2D eigenvalue weighted by Gasteiger charge is -2.20. The minimum atomic E-state index is 0.164. The Labute approximate surface area is 170 Å². The van der Waals surface area contributed by atoms with Crippen LogP contribution < -0.4 is 10.6 Å². The Morgan fingerprint density at radius 1 is 1.25 bits per heavy atom. The smallest absolute Gasteiger partial charge is 0.192 e. The summed E-state index contributed by atoms with van der Waals surface area (Å²) in [6.07, 6.45) is 2.66. The van der Waals surface area contributed by atoms with Crippen molar-refractivity contribution in [2.75, 3.05) is 6.54 Å². The summed E-state index contributed by atoms with van der Waals surface area (Å²) in [4.78, 5) is 6.03. The maximum Gasteiger partial charge on any atom is 0.192 e. The molecule has 28 heavy (non-hydrogen) atoms. The van der Waals surface area contributed by atoms with Crippen molar-refractivity contribution >= 4 is 17.3 Å². The summed E-state index contributed by atoms with van der Waals surface area (Å²) >= 11 is 1.73. The van der Waals surface area contributed by atoms with Gasteiger partial charge in [0.05, 0.1) is 12.6 Å². The zero-order valence-corrected chi connectivity index (χ0v) is 17.5. The van der Waals surface area contributed by atoms with Gasteiger partial charge in [0.2, 0.25) is 0 Å². The quantitative estimate of drug-likeness (QED) is 0.450. The Morgan fingerprint density at radius 3 is 2.86 bits per heavy atom. The second-order valence-electron chi connectivity index (χ2n) is 6.69. The normalized spacial score (nSPS) is 12.8. The SMILES string of the molecule is CCc1nncn1CCNC(=NCc1cccs1)NC(C)c1ccccc1C. The van der Waals surface area contributed by atoms with Gasteiger partial charge in [0.1, 0.15) is 12.2 Å². The Hall–Kier alpha value is -2.67. The van der Waals surface area contributed by atoms with Crippen molar-refractivity contribution in [2.24, 2.45) is 4.99 Å². The van der Waals surface area contributed by atoms with Crippen LogP contribution in [0.15, 0.2) is 53.1 Å². The van der Waals surface area contributed by atoms with E-state index in [1.807, 2.05) is 0 Å². The van der Waals surface area contributed by atoms with Crippen molar-refractivity contribution in [2.45, 2.75) is 46.3 Å². The molecule has 0 amide bonds. The molecular formula is C21H28N6S. The molecule has 2 N–H and O–H groups in total. The molecule has 2 aromatic heterocycles. The van der Waals surface area contributed by atoms with Gasteiger partial charge in [-0.1, -0.05) is 37.3 Å². The van der Waals surface area contributed by atoms with Crippen LogP contribution in [-0.4, -0.2) is 27.3 Å². The molecule has 0 radical (unpaired) electrons. The van der Waals surface area contributed by atoms with E-state index in [2.05, 4.69) is 87.9 Å². The summed E-state index contributed by atoms with van der Waals surface area (Å²) in [7, 11) is 0. The Bertz CT molecular complexity index is 884. The number of benzene rings is 1. The van der Waals surface area contributed by atoms with E-state index in [0.29, 0.717) is 6.54 Å². The Morgan fingerprint density at radius 2 is 2.11 bits per heavy atom. The van der Waals surface area contributed by atoms with E-state index in [1.54, 1.807) is 17.7 Å². The van der Waals surface area contributed by atoms with Crippen LogP contribution in [0.3, 0.4) is 0 Å². The predicted octanol–water partition coefficient (Wildman–Crippen LogP) is 3.71. The van der Waals surface area contributed by atoms with Gasteiger partial charge in [-0.05, 0) is 36.4 Å². The number of hydrogen-bond acceptors (Lipinski definition) is 4. The highest BCUT2D eigenvalue weighted by molar-refractivity contribution is 7.09. The number of aryl methyl sites for hydroxylation is 2. The third kappa shape index (κ3) is 5.42. The van der Waals surface area contributed by atoms with Gasteiger partial charge in [-0.2, -0.15) is 0 Å². The van der Waals surface area contributed by atoms with Crippen LogP contribution in [0.25, 0.3) is 0 Å². The number of hydrogen-bond donors (Lipinski definition) is 2. The standard InChI is InChI=1S/C21H28N6S/c1-4-20-26-24-15-27(20)12-11-22-21(23-14-18-9-7-13-28-18)25-17(3)19-10-6-5-8-16(19)2/h5-10,13,15,17H,4,11-12,14H2,1-3H3,(H2,22,23,25). The number of rotatable bonds is 8. The highest BCUT2D eigenvalue weighted by Crippen LogP contribution is 2.16. The van der Waals surface area contributed by atoms with Crippen molar-refractivity contribution < 1.29 is 0 Å². The molecule has 1 aromatic carbocycles. The van der Waals surface area contributed by atoms with Gasteiger partial charge in [-0.25, -0.2) is 4.99 Å². The number of aromatic nitrogens is 3. The number of guanidine groups is 1. The molecule has 3 aromatic rings. The fourth-order valence-electron chi connectivity index (χ4n) is 3.10. The van der Waals surface area contributed by atoms with E-state index in [-0.39, 0.29) is 6.04 Å². The molecule has 0 saturated carbocycles. The molecule has 148 valence electrons. The number of aliphatic imine (C=N–C) groups is 1. The van der Waals surface area contributed by atoms with Gasteiger partial charge in [-0.3, -0.25) is 0 Å². The van der Waals surface area contributed by atoms with Crippen LogP contribution in [0, 0.1) is 6.92 Å². The van der Waals surface area contributed by atoms with Crippen LogP contribution in [0.4, 0.5) is 0 Å². The van der Waals surface area contributed by atoms with Gasteiger partial charge < -0.3 is 15.2 Å². The first-order valence-electron chi connectivity index (χ1n) is 9.66. The largest absolute Gasteiger partial charge is 0.355 e. The molecule has 1 atom stereocenters. The monoisotopic (exact) mass is 396 g/mol. The van der Waals surface area contributed by atoms with Crippen LogP contribution in [0.5, 0.6) is 0 Å². The number of nitrogens with zero attached hydrogens (tertiary/aromatic N) is 4. The lowest BCUT2D eigenvalue weighted by atomic mass is 10.0. The maximum absolute atomic E-state index is 4.79. The van der Waals surface area contributed by atoms with E-state index < -0.39 is 0 Å². The first kappa shape index (κ1) is 20.1. The summed E-state index contributed by atoms with van der Waals surface area (Å²) in [5.74, 6) is 1.82. The first-order valence-corrected chi connectivity index (χ1v) is 10.5. The zero-order valence-electron chi connectivity index (χ0n) is 16.7. The predicted molar refractivity (Wildman–Crippen MR) is 116 cm³/mol. The van der Waals surface area contributed by atoms with E-state index >= 15 is 0 Å². The van der Waals surface area contributed by atoms with Crippen molar-refractivity contribution in [3.05, 3.63) is 69.9 Å². The third-order valence-corrected chi connectivity index (χ3v) is 5.50. The molecular weight excluding hydrogens is 368 g/mol. The molecule has 0 bridgehead atoms. The summed E-state index contributed by atoms with van der Waals surface area (Å²) in [5.41, 5.74) is 2.55. The molecule has 0 spiro atoms. The minimum absolute atomic E-state index is 0.164. The van der Waals surface area contributed by atoms with Crippen molar-refractivity contribution in [1.29, 1.82) is 0 Å². The summed E-state index contributed by atoms with van der Waals surface area (Å²) < 4.78 is 2.08. The average Bonchev–Trinajstić information content (AvgIpc) is 3.37. The third-order valence-electron chi connectivity index (χ3n) is 4.64. The number of nitrogens with one attached hydrogen (secondary N) is 2. The molecule has 0 aliphatic heterocycles. The van der Waals surface area contributed by atoms with Crippen LogP contribution >= 0.6 is 11.3 Å². The second-order valence-corrected chi connectivity index (χ2v) is 7.72. The van der Waals surface area contributed by atoms with Crippen molar-refractivity contribution in [3.63, 3.8) is 0 Å². The van der Waals surface area contributed by atoms with Gasteiger partial charge in [0.25, 0.3) is 0 Å². The van der Waals surface area contributed by atoms with E-state index in [1.165, 1.54) is 16.0 Å². The molecule has 7 heteroatoms. The molecule has 0 aliphatic carbocycles. The van der Waals surface area contributed by atoms with Gasteiger partial charge in [0.15, 0.2) is 5.96 Å². The minimum Gasteiger partial charge on any atom is -0.355 e. The van der Waals surface area contributed by atoms with E-state index in [0.717, 1.165) is 31.3 Å². The van der Waals surface area contributed by atoms with Gasteiger partial charge >= 0.3 is 0 Å². The lowest BCUT2D eigenvalue weighted by molar-refractivity contribution is 0.618. The van der Waals surface area contributed by atoms with Crippen LogP contribution in [-0.2, 0) is 19.5 Å². The first-order chi connectivity index (χ1) is 13.7. The summed E-state index contributed by atoms with van der Waals surface area (Å²) in [6.45, 7) is 8.62. The molecule has 6 nitrogen and oxygen atoms in total. The Balaban J connectivity index is 1.66. The topological polar surface area (TPSA) is 67.1 Å². The molecule has 0 saturated heterocycles. The lowest BCUT2D eigenvalue weighted by Crippen LogP contribution is -2.40. The molecule has 3 rings (SSSR count). The highest BCUT2D eigenvalue weighted by Gasteiger charge is 2.10. The van der Waals surface area contributed by atoms with Crippen molar-refractivity contribution in [3.8, 4) is 0 Å². The molecule has 0 fully saturated rings. The Kier molecular flexibility index (Phi) is 7.19. The fourth-order valence-corrected chi connectivity index (χ4v) is 3.73. The molecule has 2 heterocycles. The van der Waals surface area contributed by atoms with Gasteiger partial charge in [-0.15, -0.1) is 21.5 Å². The highest BCUT2D eigenvalue weighted by atomic mass is 32.1. The average molecular weight is 397 g/mol. The zero-order chi connectivity index (χ0) is 19.8. The summed E-state index contributed by atoms with van der Waals surface area (Å²) in [5, 5.41) is 17.2. The number of thiophene rings is 1. The fraction of sp³-hybridized carbons (Fsp3) is 0.381. The van der Waals surface area contributed by atoms with Crippen LogP contribution in [0.2, 0.25) is 0 Å². The molecule has 0 aliphatic rings.